The molecule has 2 aromatic rings. The Morgan fingerprint density at radius 3 is 2.82 bits per heavy atom. The third-order valence-electron chi connectivity index (χ3n) is 3.12. The molecule has 4 nitrogen and oxygen atoms in total. The lowest BCUT2D eigenvalue weighted by atomic mass is 10.2. The van der Waals surface area contributed by atoms with Crippen molar-refractivity contribution in [1.82, 2.24) is 5.32 Å². The minimum Gasteiger partial charge on any atom is -0.489 e. The molecular formula is C15H13Cl2NO3S. The van der Waals surface area contributed by atoms with Crippen LogP contribution in [-0.4, -0.2) is 19.1 Å². The van der Waals surface area contributed by atoms with E-state index in [4.69, 9.17) is 32.7 Å². The first-order valence-electron chi connectivity index (χ1n) is 6.75. The molecule has 0 fully saturated rings. The Balaban J connectivity index is 1.75. The van der Waals surface area contributed by atoms with Crippen LogP contribution in [0.25, 0.3) is 0 Å². The fourth-order valence-electron chi connectivity index (χ4n) is 2.08. The standard InChI is InChI=1S/C15H13Cl2NO3S/c16-11-6-9(7-12-14(11)21-5-1-4-20-12)15(19)18-8-10-2-3-13(17)22-10/h2-3,6-7H,1,4-5,8H2,(H,18,19). The number of nitrogens with one attached hydrogen (secondary N) is 1. The highest BCUT2D eigenvalue weighted by Crippen LogP contribution is 2.38. The molecule has 0 atom stereocenters. The van der Waals surface area contributed by atoms with Crippen molar-refractivity contribution in [3.63, 3.8) is 0 Å². The zero-order valence-corrected chi connectivity index (χ0v) is 13.9. The maximum absolute atomic E-state index is 12.3. The topological polar surface area (TPSA) is 47.6 Å². The number of halogens is 2. The summed E-state index contributed by atoms with van der Waals surface area (Å²) in [7, 11) is 0. The highest BCUT2D eigenvalue weighted by atomic mass is 35.5. The largest absolute Gasteiger partial charge is 0.489 e. The average molecular weight is 358 g/mol. The predicted octanol–water partition coefficient (Wildman–Crippen LogP) is 4.15. The zero-order chi connectivity index (χ0) is 15.5. The van der Waals surface area contributed by atoms with Crippen LogP contribution in [0.2, 0.25) is 9.36 Å². The molecule has 2 heterocycles. The van der Waals surface area contributed by atoms with Crippen molar-refractivity contribution >= 4 is 40.4 Å². The van der Waals surface area contributed by atoms with E-state index < -0.39 is 0 Å². The number of thiophene rings is 1. The van der Waals surface area contributed by atoms with E-state index in [9.17, 15) is 4.79 Å². The molecule has 3 rings (SSSR count). The number of fused-ring (bicyclic) bond motifs is 1. The Bertz CT molecular complexity index is 702. The highest BCUT2D eigenvalue weighted by molar-refractivity contribution is 7.16. The lowest BCUT2D eigenvalue weighted by Gasteiger charge is -2.11. The van der Waals surface area contributed by atoms with Gasteiger partial charge < -0.3 is 14.8 Å². The van der Waals surface area contributed by atoms with Crippen LogP contribution in [0, 0.1) is 0 Å². The summed E-state index contributed by atoms with van der Waals surface area (Å²) in [6.45, 7) is 1.52. The van der Waals surface area contributed by atoms with E-state index in [0.29, 0.717) is 46.2 Å². The van der Waals surface area contributed by atoms with Gasteiger partial charge in [-0.25, -0.2) is 0 Å². The summed E-state index contributed by atoms with van der Waals surface area (Å²) in [5.41, 5.74) is 0.442. The van der Waals surface area contributed by atoms with E-state index in [1.165, 1.54) is 11.3 Å². The van der Waals surface area contributed by atoms with Crippen molar-refractivity contribution < 1.29 is 14.3 Å². The molecule has 1 aliphatic rings. The molecule has 22 heavy (non-hydrogen) atoms. The van der Waals surface area contributed by atoms with Gasteiger partial charge in [0.1, 0.15) is 0 Å². The number of benzene rings is 1. The monoisotopic (exact) mass is 357 g/mol. The van der Waals surface area contributed by atoms with Crippen molar-refractivity contribution in [3.8, 4) is 11.5 Å². The minimum atomic E-state index is -0.220. The van der Waals surface area contributed by atoms with Crippen LogP contribution < -0.4 is 14.8 Å². The quantitative estimate of drug-likeness (QED) is 0.897. The molecule has 1 amide bonds. The Kier molecular flexibility index (Phi) is 4.76. The first-order valence-corrected chi connectivity index (χ1v) is 8.32. The van der Waals surface area contributed by atoms with Gasteiger partial charge in [-0.2, -0.15) is 0 Å². The molecule has 1 aromatic heterocycles. The van der Waals surface area contributed by atoms with E-state index in [2.05, 4.69) is 5.32 Å². The van der Waals surface area contributed by atoms with Gasteiger partial charge in [0.15, 0.2) is 11.5 Å². The summed E-state index contributed by atoms with van der Waals surface area (Å²) in [5.74, 6) is 0.789. The zero-order valence-electron chi connectivity index (χ0n) is 11.5. The molecular weight excluding hydrogens is 345 g/mol. The molecule has 7 heteroatoms. The van der Waals surface area contributed by atoms with E-state index in [1.54, 1.807) is 18.2 Å². The lowest BCUT2D eigenvalue weighted by Crippen LogP contribution is -2.22. The molecule has 1 N–H and O–H groups in total. The second-order valence-corrected chi connectivity index (χ2v) is 6.93. The predicted molar refractivity (Wildman–Crippen MR) is 87.6 cm³/mol. The molecule has 0 bridgehead atoms. The Morgan fingerprint density at radius 1 is 1.23 bits per heavy atom. The Hall–Kier alpha value is -1.43. The van der Waals surface area contributed by atoms with Gasteiger partial charge in [-0.05, 0) is 24.3 Å². The number of carbonyl (C=O) groups is 1. The third-order valence-corrected chi connectivity index (χ3v) is 4.63. The molecule has 1 aliphatic heterocycles. The average Bonchev–Trinajstić information content (AvgIpc) is 2.77. The summed E-state index contributed by atoms with van der Waals surface area (Å²) in [6, 6.07) is 6.93. The Morgan fingerprint density at radius 2 is 2.05 bits per heavy atom. The second kappa shape index (κ2) is 6.77. The van der Waals surface area contributed by atoms with Gasteiger partial charge in [-0.15, -0.1) is 11.3 Å². The summed E-state index contributed by atoms with van der Waals surface area (Å²) in [6.07, 6.45) is 0.783. The van der Waals surface area contributed by atoms with E-state index in [0.717, 1.165) is 11.3 Å². The van der Waals surface area contributed by atoms with Gasteiger partial charge >= 0.3 is 0 Å². The maximum Gasteiger partial charge on any atom is 0.251 e. The van der Waals surface area contributed by atoms with Gasteiger partial charge in [-0.3, -0.25) is 4.79 Å². The van der Waals surface area contributed by atoms with Crippen molar-refractivity contribution in [2.75, 3.05) is 13.2 Å². The van der Waals surface area contributed by atoms with Crippen molar-refractivity contribution in [2.24, 2.45) is 0 Å². The van der Waals surface area contributed by atoms with Crippen molar-refractivity contribution in [2.45, 2.75) is 13.0 Å². The molecule has 0 aliphatic carbocycles. The van der Waals surface area contributed by atoms with Crippen LogP contribution in [0.1, 0.15) is 21.7 Å². The minimum absolute atomic E-state index is 0.220. The number of carbonyl (C=O) groups excluding carboxylic acids is 1. The van der Waals surface area contributed by atoms with Gasteiger partial charge in [-0.1, -0.05) is 23.2 Å². The van der Waals surface area contributed by atoms with Crippen LogP contribution in [0.3, 0.4) is 0 Å². The van der Waals surface area contributed by atoms with Crippen molar-refractivity contribution in [3.05, 3.63) is 44.1 Å². The first-order chi connectivity index (χ1) is 10.6. The first kappa shape index (κ1) is 15.5. The molecule has 1 aromatic carbocycles. The van der Waals surface area contributed by atoms with E-state index >= 15 is 0 Å². The van der Waals surface area contributed by atoms with E-state index in [-0.39, 0.29) is 5.91 Å². The normalized spacial score (nSPS) is 13.5. The SMILES string of the molecule is O=C(NCc1ccc(Cl)s1)c1cc(Cl)c2c(c1)OCCCO2. The van der Waals surface area contributed by atoms with E-state index in [1.807, 2.05) is 6.07 Å². The molecule has 116 valence electrons. The van der Waals surface area contributed by atoms with Crippen molar-refractivity contribution in [1.29, 1.82) is 0 Å². The maximum atomic E-state index is 12.3. The van der Waals surface area contributed by atoms with Gasteiger partial charge in [0.05, 0.1) is 29.1 Å². The fourth-order valence-corrected chi connectivity index (χ4v) is 3.37. The van der Waals surface area contributed by atoms with Gasteiger partial charge in [0.25, 0.3) is 5.91 Å². The molecule has 0 saturated carbocycles. The number of amides is 1. The second-order valence-electron chi connectivity index (χ2n) is 4.72. The Labute approximate surface area is 141 Å². The number of hydrogen-bond acceptors (Lipinski definition) is 4. The third kappa shape index (κ3) is 3.48. The summed E-state index contributed by atoms with van der Waals surface area (Å²) >= 11 is 13.5. The molecule has 0 unspecified atom stereocenters. The van der Waals surface area contributed by atoms with Crippen LogP contribution in [-0.2, 0) is 6.54 Å². The molecule has 0 radical (unpaired) electrons. The highest BCUT2D eigenvalue weighted by Gasteiger charge is 2.18. The number of hydrogen-bond donors (Lipinski definition) is 1. The van der Waals surface area contributed by atoms with Crippen LogP contribution in [0.15, 0.2) is 24.3 Å². The number of rotatable bonds is 3. The van der Waals surface area contributed by atoms with Crippen LogP contribution in [0.5, 0.6) is 11.5 Å². The van der Waals surface area contributed by atoms with Crippen LogP contribution in [0.4, 0.5) is 0 Å². The summed E-state index contributed by atoms with van der Waals surface area (Å²) in [5, 5.41) is 3.21. The smallest absolute Gasteiger partial charge is 0.251 e. The van der Waals surface area contributed by atoms with Crippen LogP contribution >= 0.6 is 34.5 Å². The fraction of sp³-hybridized carbons (Fsp3) is 0.267. The summed E-state index contributed by atoms with van der Waals surface area (Å²) < 4.78 is 11.8. The molecule has 0 spiro atoms. The van der Waals surface area contributed by atoms with Gasteiger partial charge in [0, 0.05) is 16.9 Å². The molecule has 0 saturated heterocycles. The summed E-state index contributed by atoms with van der Waals surface area (Å²) in [4.78, 5) is 13.2. The lowest BCUT2D eigenvalue weighted by molar-refractivity contribution is 0.0951. The number of ether oxygens (including phenoxy) is 2. The van der Waals surface area contributed by atoms with Gasteiger partial charge in [0.2, 0.25) is 0 Å².